The first-order valence-corrected chi connectivity index (χ1v) is 15.8. The minimum atomic E-state index is -1.18. The second-order valence-corrected chi connectivity index (χ2v) is 12.1. The summed E-state index contributed by atoms with van der Waals surface area (Å²) >= 11 is 0. The fourth-order valence-corrected chi connectivity index (χ4v) is 5.95. The fraction of sp³-hybridized carbons (Fsp3) is 0.361. The molecule has 1 aliphatic heterocycles. The zero-order valence-corrected chi connectivity index (χ0v) is 26.5. The highest BCUT2D eigenvalue weighted by atomic mass is 16.6. The molecule has 0 radical (unpaired) electrons. The van der Waals surface area contributed by atoms with Crippen LogP contribution in [0, 0.1) is 0 Å². The van der Waals surface area contributed by atoms with E-state index in [1.54, 1.807) is 10.9 Å². The lowest BCUT2D eigenvalue weighted by Gasteiger charge is -2.20. The molecule has 3 aromatic carbocycles. The first-order valence-electron chi connectivity index (χ1n) is 15.8. The van der Waals surface area contributed by atoms with Gasteiger partial charge in [-0.2, -0.15) is 0 Å². The summed E-state index contributed by atoms with van der Waals surface area (Å²) in [5.74, 6) is 1.69. The van der Waals surface area contributed by atoms with Gasteiger partial charge in [0.15, 0.2) is 23.2 Å². The van der Waals surface area contributed by atoms with E-state index in [-0.39, 0.29) is 12.5 Å². The summed E-state index contributed by atoms with van der Waals surface area (Å²) in [5, 5.41) is 28.6. The van der Waals surface area contributed by atoms with E-state index in [4.69, 9.17) is 19.4 Å². The Labute approximate surface area is 269 Å². The monoisotopic (exact) mass is 622 g/mol. The fourth-order valence-electron chi connectivity index (χ4n) is 5.95. The number of hydrogen-bond donors (Lipinski definition) is 4. The van der Waals surface area contributed by atoms with Gasteiger partial charge in [-0.1, -0.05) is 98.8 Å². The molecular formula is C36H42N6O4. The molecule has 0 bridgehead atoms. The normalized spacial score (nSPS) is 19.8. The molecule has 1 aliphatic rings. The number of nitrogens with zero attached hydrogens (tertiary/aromatic N) is 4. The molecule has 0 spiro atoms. The second-order valence-electron chi connectivity index (χ2n) is 12.1. The Balaban J connectivity index is 1.30. The van der Waals surface area contributed by atoms with E-state index in [0.29, 0.717) is 48.4 Å². The Bertz CT molecular complexity index is 1660. The lowest BCUT2D eigenvalue weighted by molar-refractivity contribution is -0.0580. The number of aliphatic hydroxyl groups excluding tert-OH is 2. The zero-order chi connectivity index (χ0) is 32.0. The molecule has 5 aromatic rings. The van der Waals surface area contributed by atoms with Crippen molar-refractivity contribution in [3.63, 3.8) is 0 Å². The molecule has 6 rings (SSSR count). The third-order valence-electron chi connectivity index (χ3n) is 8.55. The number of hydrogen-bond acceptors (Lipinski definition) is 9. The van der Waals surface area contributed by atoms with Crippen molar-refractivity contribution in [2.75, 3.05) is 25.6 Å². The SMILES string of the molecule is COC[C@H]1O[C@@H](n2cnc3c(NCC(c4ccccc4)c4ccccc4)nc(CNCc4ccc(C(C)C)cc4)nc32)[C@H](O)[C@@H]1O. The summed E-state index contributed by atoms with van der Waals surface area (Å²) in [4.78, 5) is 14.4. The van der Waals surface area contributed by atoms with Crippen LogP contribution in [0.3, 0.4) is 0 Å². The number of aromatic nitrogens is 4. The van der Waals surface area contributed by atoms with Gasteiger partial charge >= 0.3 is 0 Å². The van der Waals surface area contributed by atoms with Gasteiger partial charge in [-0.3, -0.25) is 4.57 Å². The zero-order valence-electron chi connectivity index (χ0n) is 26.5. The van der Waals surface area contributed by atoms with Gasteiger partial charge in [-0.05, 0) is 28.2 Å². The summed E-state index contributed by atoms with van der Waals surface area (Å²) in [5.41, 5.74) is 5.89. The third kappa shape index (κ3) is 6.96. The molecule has 0 saturated carbocycles. The largest absolute Gasteiger partial charge is 0.387 e. The van der Waals surface area contributed by atoms with Crippen molar-refractivity contribution in [1.82, 2.24) is 24.8 Å². The van der Waals surface area contributed by atoms with Crippen LogP contribution in [0.25, 0.3) is 11.2 Å². The number of anilines is 1. The molecule has 1 fully saturated rings. The number of rotatable bonds is 13. The summed E-state index contributed by atoms with van der Waals surface area (Å²) in [6, 6.07) is 29.4. The maximum atomic E-state index is 10.9. The average Bonchev–Trinajstić information content (AvgIpc) is 3.62. The van der Waals surface area contributed by atoms with E-state index in [9.17, 15) is 10.2 Å². The van der Waals surface area contributed by atoms with E-state index in [1.807, 2.05) is 36.4 Å². The van der Waals surface area contributed by atoms with Gasteiger partial charge in [0, 0.05) is 26.1 Å². The lowest BCUT2D eigenvalue weighted by atomic mass is 9.91. The van der Waals surface area contributed by atoms with Crippen molar-refractivity contribution < 1.29 is 19.7 Å². The van der Waals surface area contributed by atoms with Crippen molar-refractivity contribution in [3.05, 3.63) is 119 Å². The van der Waals surface area contributed by atoms with Gasteiger partial charge in [0.05, 0.1) is 19.5 Å². The highest BCUT2D eigenvalue weighted by Gasteiger charge is 2.44. The second kappa shape index (κ2) is 14.5. The number of nitrogens with one attached hydrogen (secondary N) is 2. The molecule has 0 unspecified atom stereocenters. The first kappa shape index (κ1) is 31.8. The maximum Gasteiger partial charge on any atom is 0.168 e. The van der Waals surface area contributed by atoms with Crippen LogP contribution < -0.4 is 10.6 Å². The van der Waals surface area contributed by atoms with Crippen LogP contribution in [-0.4, -0.2) is 68.3 Å². The summed E-state index contributed by atoms with van der Waals surface area (Å²) < 4.78 is 12.9. The van der Waals surface area contributed by atoms with Crippen LogP contribution in [0.5, 0.6) is 0 Å². The molecular weight excluding hydrogens is 580 g/mol. The number of aliphatic hydroxyl groups is 2. The molecule has 1 saturated heterocycles. The summed E-state index contributed by atoms with van der Waals surface area (Å²) in [6.45, 7) is 6.16. The van der Waals surface area contributed by atoms with E-state index >= 15 is 0 Å². The Morgan fingerprint density at radius 1 is 0.848 bits per heavy atom. The lowest BCUT2D eigenvalue weighted by Crippen LogP contribution is -2.33. The number of fused-ring (bicyclic) bond motifs is 1. The molecule has 2 aromatic heterocycles. The molecule has 4 atom stereocenters. The maximum absolute atomic E-state index is 10.9. The van der Waals surface area contributed by atoms with Crippen LogP contribution in [0.4, 0.5) is 5.82 Å². The van der Waals surface area contributed by atoms with E-state index in [1.165, 1.54) is 29.4 Å². The highest BCUT2D eigenvalue weighted by Crippen LogP contribution is 2.33. The standard InChI is InChI=1S/C36H42N6O4/c1-23(2)25-16-14-24(15-17-25)18-37-20-30-40-34(38-19-28(26-10-6-4-7-11-26)27-12-8-5-9-13-27)31-35(41-30)42(22-39-31)36-33(44)32(43)29(46-36)21-45-3/h4-17,22-23,28-29,32-33,36-37,43-44H,18-21H2,1-3H3,(H,38,40,41)/t29-,32-,33-,36-/m1/s1. The van der Waals surface area contributed by atoms with Crippen LogP contribution in [-0.2, 0) is 22.6 Å². The topological polar surface area (TPSA) is 127 Å². The molecule has 240 valence electrons. The molecule has 0 aliphatic carbocycles. The number of imidazole rings is 1. The summed E-state index contributed by atoms with van der Waals surface area (Å²) in [7, 11) is 1.53. The Hall–Kier alpha value is -4.19. The predicted octanol–water partition coefficient (Wildman–Crippen LogP) is 4.75. The van der Waals surface area contributed by atoms with Gasteiger partial charge in [0.1, 0.15) is 24.1 Å². The van der Waals surface area contributed by atoms with Gasteiger partial charge in [0.25, 0.3) is 0 Å². The molecule has 4 N–H and O–H groups in total. The Kier molecular flexibility index (Phi) is 10.0. The van der Waals surface area contributed by atoms with Crippen molar-refractivity contribution in [1.29, 1.82) is 0 Å². The molecule has 46 heavy (non-hydrogen) atoms. The minimum absolute atomic E-state index is 0.0647. The van der Waals surface area contributed by atoms with Crippen LogP contribution in [0.1, 0.15) is 60.0 Å². The van der Waals surface area contributed by atoms with Crippen molar-refractivity contribution in [2.45, 2.75) is 63.3 Å². The molecule has 10 nitrogen and oxygen atoms in total. The third-order valence-corrected chi connectivity index (χ3v) is 8.55. The molecule has 10 heteroatoms. The van der Waals surface area contributed by atoms with E-state index in [0.717, 1.165) is 0 Å². The summed E-state index contributed by atoms with van der Waals surface area (Å²) in [6.07, 6.45) is -2.27. The first-order chi connectivity index (χ1) is 22.4. The quantitative estimate of drug-likeness (QED) is 0.147. The van der Waals surface area contributed by atoms with E-state index < -0.39 is 24.5 Å². The van der Waals surface area contributed by atoms with Gasteiger partial charge < -0.3 is 30.3 Å². The van der Waals surface area contributed by atoms with Gasteiger partial charge in [-0.25, -0.2) is 15.0 Å². The Morgan fingerprint density at radius 3 is 2.15 bits per heavy atom. The molecule has 3 heterocycles. The van der Waals surface area contributed by atoms with Crippen molar-refractivity contribution in [2.24, 2.45) is 0 Å². The Morgan fingerprint density at radius 2 is 1.52 bits per heavy atom. The van der Waals surface area contributed by atoms with Crippen LogP contribution in [0.2, 0.25) is 0 Å². The minimum Gasteiger partial charge on any atom is -0.387 e. The number of benzene rings is 3. The average molecular weight is 623 g/mol. The van der Waals surface area contributed by atoms with Gasteiger partial charge in [-0.15, -0.1) is 0 Å². The van der Waals surface area contributed by atoms with Crippen LogP contribution >= 0.6 is 0 Å². The van der Waals surface area contributed by atoms with Crippen molar-refractivity contribution >= 4 is 17.0 Å². The predicted molar refractivity (Wildman–Crippen MR) is 177 cm³/mol. The highest BCUT2D eigenvalue weighted by molar-refractivity contribution is 5.83. The van der Waals surface area contributed by atoms with E-state index in [2.05, 4.69) is 78.0 Å². The van der Waals surface area contributed by atoms with Gasteiger partial charge in [0.2, 0.25) is 0 Å². The van der Waals surface area contributed by atoms with Crippen molar-refractivity contribution in [3.8, 4) is 0 Å². The smallest absolute Gasteiger partial charge is 0.168 e. The number of ether oxygens (including phenoxy) is 2. The van der Waals surface area contributed by atoms with Crippen LogP contribution in [0.15, 0.2) is 91.3 Å². The molecule has 0 amide bonds. The number of methoxy groups -OCH3 is 1.